The van der Waals surface area contributed by atoms with Crippen LogP contribution < -0.4 is 10.9 Å². The number of hydrogen-bond acceptors (Lipinski definition) is 4. The molecule has 134 valence electrons. The second-order valence-corrected chi connectivity index (χ2v) is 8.87. The van der Waals surface area contributed by atoms with E-state index in [1.165, 1.54) is 14.9 Å². The standard InChI is InChI=1S/C15H22BrN3O4S/c1-2-9-24(22,23)19-7-5-13(6-8-19)17-14(20)11-18-10-12(16)3-4-15(18)21/h3-4,10,13H,2,5-9,11H2,1H3,(H,17,20). The summed E-state index contributed by atoms with van der Waals surface area (Å²) in [5.41, 5.74) is -0.242. The fraction of sp³-hybridized carbons (Fsp3) is 0.600. The average molecular weight is 420 g/mol. The second kappa shape index (κ2) is 8.26. The van der Waals surface area contributed by atoms with Crippen molar-refractivity contribution in [3.05, 3.63) is 33.2 Å². The summed E-state index contributed by atoms with van der Waals surface area (Å²) in [6.45, 7) is 2.63. The fourth-order valence-corrected chi connectivity index (χ4v) is 4.64. The van der Waals surface area contributed by atoms with Crippen molar-refractivity contribution in [3.63, 3.8) is 0 Å². The van der Waals surface area contributed by atoms with Crippen LogP contribution in [0.4, 0.5) is 0 Å². The Morgan fingerprint density at radius 1 is 1.33 bits per heavy atom. The van der Waals surface area contributed by atoms with Crippen LogP contribution in [0, 0.1) is 0 Å². The van der Waals surface area contributed by atoms with Crippen LogP contribution in [0.5, 0.6) is 0 Å². The van der Waals surface area contributed by atoms with E-state index in [0.717, 1.165) is 4.47 Å². The molecule has 2 heterocycles. The fourth-order valence-electron chi connectivity index (χ4n) is 2.72. The van der Waals surface area contributed by atoms with E-state index in [9.17, 15) is 18.0 Å². The van der Waals surface area contributed by atoms with Crippen LogP contribution in [0.2, 0.25) is 0 Å². The number of pyridine rings is 1. The zero-order chi connectivity index (χ0) is 17.7. The summed E-state index contributed by atoms with van der Waals surface area (Å²) in [6, 6.07) is 2.96. The molecule has 1 aromatic rings. The summed E-state index contributed by atoms with van der Waals surface area (Å²) in [7, 11) is -3.17. The van der Waals surface area contributed by atoms with Gasteiger partial charge in [0.15, 0.2) is 0 Å². The Labute approximate surface area is 150 Å². The molecule has 0 bridgehead atoms. The molecular weight excluding hydrogens is 398 g/mol. The Bertz CT molecular complexity index is 739. The predicted octanol–water partition coefficient (Wildman–Crippen LogP) is 0.931. The highest BCUT2D eigenvalue weighted by Crippen LogP contribution is 2.15. The van der Waals surface area contributed by atoms with Gasteiger partial charge in [-0.15, -0.1) is 0 Å². The van der Waals surface area contributed by atoms with Gasteiger partial charge in [0.25, 0.3) is 5.56 Å². The predicted molar refractivity (Wildman–Crippen MR) is 95.2 cm³/mol. The van der Waals surface area contributed by atoms with Crippen LogP contribution in [0.25, 0.3) is 0 Å². The second-order valence-electron chi connectivity index (χ2n) is 5.87. The number of sulfonamides is 1. The van der Waals surface area contributed by atoms with Crippen molar-refractivity contribution in [3.8, 4) is 0 Å². The molecule has 0 radical (unpaired) electrons. The van der Waals surface area contributed by atoms with Crippen LogP contribution in [0.1, 0.15) is 26.2 Å². The summed E-state index contributed by atoms with van der Waals surface area (Å²) < 4.78 is 27.6. The molecule has 1 saturated heterocycles. The van der Waals surface area contributed by atoms with E-state index in [4.69, 9.17) is 0 Å². The van der Waals surface area contributed by atoms with Crippen molar-refractivity contribution < 1.29 is 13.2 Å². The highest BCUT2D eigenvalue weighted by atomic mass is 79.9. The number of hydrogen-bond donors (Lipinski definition) is 1. The molecule has 24 heavy (non-hydrogen) atoms. The summed E-state index contributed by atoms with van der Waals surface area (Å²) in [4.78, 5) is 23.8. The summed E-state index contributed by atoms with van der Waals surface area (Å²) in [5.74, 6) is -0.0828. The lowest BCUT2D eigenvalue weighted by atomic mass is 10.1. The zero-order valence-electron chi connectivity index (χ0n) is 13.6. The van der Waals surface area contributed by atoms with E-state index in [2.05, 4.69) is 21.2 Å². The van der Waals surface area contributed by atoms with Gasteiger partial charge in [0, 0.05) is 35.9 Å². The first kappa shape index (κ1) is 19.1. The van der Waals surface area contributed by atoms with Gasteiger partial charge in [-0.3, -0.25) is 9.59 Å². The minimum absolute atomic E-state index is 0.0490. The smallest absolute Gasteiger partial charge is 0.251 e. The lowest BCUT2D eigenvalue weighted by molar-refractivity contribution is -0.122. The molecule has 1 aliphatic heterocycles. The molecule has 1 N–H and O–H groups in total. The minimum Gasteiger partial charge on any atom is -0.352 e. The van der Waals surface area contributed by atoms with Crippen molar-refractivity contribution in [1.82, 2.24) is 14.2 Å². The van der Waals surface area contributed by atoms with Gasteiger partial charge in [0.1, 0.15) is 6.54 Å². The molecule has 0 atom stereocenters. The van der Waals surface area contributed by atoms with Crippen LogP contribution in [0.3, 0.4) is 0 Å². The molecule has 0 aliphatic carbocycles. The van der Waals surface area contributed by atoms with Crippen LogP contribution in [-0.4, -0.2) is 48.1 Å². The SMILES string of the molecule is CCCS(=O)(=O)N1CCC(NC(=O)Cn2cc(Br)ccc2=O)CC1. The zero-order valence-corrected chi connectivity index (χ0v) is 16.0. The lowest BCUT2D eigenvalue weighted by Crippen LogP contribution is -2.48. The van der Waals surface area contributed by atoms with E-state index in [0.29, 0.717) is 32.4 Å². The number of rotatable bonds is 6. The molecule has 0 unspecified atom stereocenters. The number of nitrogens with zero attached hydrogens (tertiary/aromatic N) is 2. The van der Waals surface area contributed by atoms with Gasteiger partial charge in [-0.2, -0.15) is 0 Å². The first-order chi connectivity index (χ1) is 11.3. The third-order valence-electron chi connectivity index (χ3n) is 3.94. The third-order valence-corrected chi connectivity index (χ3v) is 6.48. The molecular formula is C15H22BrN3O4S. The summed E-state index contributed by atoms with van der Waals surface area (Å²) in [6.07, 6.45) is 3.34. The van der Waals surface area contributed by atoms with E-state index >= 15 is 0 Å². The van der Waals surface area contributed by atoms with Crippen molar-refractivity contribution in [2.75, 3.05) is 18.8 Å². The van der Waals surface area contributed by atoms with Gasteiger partial charge in [0.05, 0.1) is 5.75 Å². The molecule has 0 aromatic carbocycles. The van der Waals surface area contributed by atoms with E-state index in [1.807, 2.05) is 6.92 Å². The normalized spacial score (nSPS) is 16.9. The first-order valence-electron chi connectivity index (χ1n) is 7.95. The topological polar surface area (TPSA) is 88.5 Å². The minimum atomic E-state index is -3.17. The van der Waals surface area contributed by atoms with Crippen LogP contribution >= 0.6 is 15.9 Å². The number of nitrogens with one attached hydrogen (secondary N) is 1. The molecule has 1 aliphatic rings. The molecule has 9 heteroatoms. The number of carbonyl (C=O) groups is 1. The molecule has 2 rings (SSSR count). The molecule has 0 saturated carbocycles. The number of aromatic nitrogens is 1. The van der Waals surface area contributed by atoms with E-state index < -0.39 is 10.0 Å². The first-order valence-corrected chi connectivity index (χ1v) is 10.3. The van der Waals surface area contributed by atoms with Gasteiger partial charge < -0.3 is 9.88 Å². The van der Waals surface area contributed by atoms with Gasteiger partial charge in [-0.1, -0.05) is 6.92 Å². The molecule has 1 fully saturated rings. The van der Waals surface area contributed by atoms with E-state index in [1.54, 1.807) is 12.3 Å². The molecule has 0 spiro atoms. The maximum absolute atomic E-state index is 12.1. The largest absolute Gasteiger partial charge is 0.352 e. The summed E-state index contributed by atoms with van der Waals surface area (Å²) >= 11 is 3.27. The van der Waals surface area contributed by atoms with Crippen molar-refractivity contribution in [2.24, 2.45) is 0 Å². The van der Waals surface area contributed by atoms with Crippen LogP contribution in [0.15, 0.2) is 27.6 Å². The Morgan fingerprint density at radius 2 is 2.00 bits per heavy atom. The third kappa shape index (κ3) is 5.15. The van der Waals surface area contributed by atoms with Gasteiger partial charge in [0.2, 0.25) is 15.9 Å². The quantitative estimate of drug-likeness (QED) is 0.742. The maximum Gasteiger partial charge on any atom is 0.251 e. The Balaban J connectivity index is 1.86. The van der Waals surface area contributed by atoms with Gasteiger partial charge in [-0.25, -0.2) is 12.7 Å². The Kier molecular flexibility index (Phi) is 6.59. The Morgan fingerprint density at radius 3 is 2.62 bits per heavy atom. The van der Waals surface area contributed by atoms with Gasteiger partial charge in [-0.05, 0) is 41.3 Å². The van der Waals surface area contributed by atoms with Crippen molar-refractivity contribution >= 4 is 31.9 Å². The number of piperidine rings is 1. The highest BCUT2D eigenvalue weighted by Gasteiger charge is 2.27. The molecule has 1 aromatic heterocycles. The van der Waals surface area contributed by atoms with Crippen molar-refractivity contribution in [2.45, 2.75) is 38.8 Å². The summed E-state index contributed by atoms with van der Waals surface area (Å²) in [5, 5.41) is 2.88. The Hall–Kier alpha value is -1.19. The molecule has 7 nitrogen and oxygen atoms in total. The molecule has 1 amide bonds. The maximum atomic E-state index is 12.1. The number of amides is 1. The highest BCUT2D eigenvalue weighted by molar-refractivity contribution is 9.10. The number of carbonyl (C=O) groups excluding carboxylic acids is 1. The van der Waals surface area contributed by atoms with Gasteiger partial charge >= 0.3 is 0 Å². The van der Waals surface area contributed by atoms with Crippen LogP contribution in [-0.2, 0) is 21.4 Å². The van der Waals surface area contributed by atoms with E-state index in [-0.39, 0.29) is 29.8 Å². The lowest BCUT2D eigenvalue weighted by Gasteiger charge is -2.31. The van der Waals surface area contributed by atoms with Crippen molar-refractivity contribution in [1.29, 1.82) is 0 Å². The average Bonchev–Trinajstić information content (AvgIpc) is 2.51. The number of halogens is 1. The monoisotopic (exact) mass is 419 g/mol.